The van der Waals surface area contributed by atoms with Gasteiger partial charge in [0, 0.05) is 35.1 Å². The van der Waals surface area contributed by atoms with Gasteiger partial charge in [-0.15, -0.1) is 0 Å². The van der Waals surface area contributed by atoms with E-state index in [1.165, 1.54) is 6.07 Å². The van der Waals surface area contributed by atoms with Crippen LogP contribution >= 0.6 is 11.6 Å². The number of hydrogen-bond donors (Lipinski definition) is 1. The Bertz CT molecular complexity index is 522. The molecule has 5 heteroatoms. The molecule has 0 aromatic heterocycles. The van der Waals surface area contributed by atoms with Gasteiger partial charge < -0.3 is 5.32 Å². The lowest BCUT2D eigenvalue weighted by Crippen LogP contribution is -2.50. The van der Waals surface area contributed by atoms with Gasteiger partial charge in [0.25, 0.3) is 0 Å². The Kier molecular flexibility index (Phi) is 5.45. The molecule has 1 aromatic carbocycles. The van der Waals surface area contributed by atoms with E-state index < -0.39 is 5.41 Å². The standard InChI is InChI=1S/C17H24ClFN2O/c1-17(2,3)16(22)20-12-6-5-9-21(10-12)11-13-14(18)7-4-8-15(13)19/h4,7-8,12H,5-6,9-11H2,1-3H3,(H,20,22). The molecule has 0 bridgehead atoms. The monoisotopic (exact) mass is 326 g/mol. The minimum atomic E-state index is -0.392. The smallest absolute Gasteiger partial charge is 0.225 e. The summed E-state index contributed by atoms with van der Waals surface area (Å²) in [5.74, 6) is -0.211. The Balaban J connectivity index is 1.98. The van der Waals surface area contributed by atoms with Gasteiger partial charge in [-0.3, -0.25) is 9.69 Å². The molecule has 1 unspecified atom stereocenters. The molecule has 0 spiro atoms. The molecule has 1 aromatic rings. The van der Waals surface area contributed by atoms with E-state index in [1.807, 2.05) is 20.8 Å². The third-order valence-electron chi connectivity index (χ3n) is 3.97. The first-order valence-corrected chi connectivity index (χ1v) is 8.11. The predicted octanol–water partition coefficient (Wildman–Crippen LogP) is 3.61. The molecule has 2 rings (SSSR count). The van der Waals surface area contributed by atoms with Crippen molar-refractivity contribution in [3.63, 3.8) is 0 Å². The number of nitrogens with one attached hydrogen (secondary N) is 1. The molecule has 1 aliphatic rings. The van der Waals surface area contributed by atoms with Gasteiger partial charge in [-0.1, -0.05) is 38.4 Å². The Morgan fingerprint density at radius 1 is 1.45 bits per heavy atom. The van der Waals surface area contributed by atoms with E-state index in [0.717, 1.165) is 25.9 Å². The number of piperidine rings is 1. The van der Waals surface area contributed by atoms with Crippen molar-refractivity contribution in [1.82, 2.24) is 10.2 Å². The fourth-order valence-corrected chi connectivity index (χ4v) is 2.85. The van der Waals surface area contributed by atoms with Crippen LogP contribution in [0.1, 0.15) is 39.2 Å². The quantitative estimate of drug-likeness (QED) is 0.920. The second-order valence-corrected chi connectivity index (χ2v) is 7.41. The summed E-state index contributed by atoms with van der Waals surface area (Å²) < 4.78 is 13.9. The summed E-state index contributed by atoms with van der Waals surface area (Å²) in [6.07, 6.45) is 1.95. The lowest BCUT2D eigenvalue weighted by molar-refractivity contribution is -0.129. The summed E-state index contributed by atoms with van der Waals surface area (Å²) in [4.78, 5) is 14.2. The van der Waals surface area contributed by atoms with Crippen LogP contribution in [0.4, 0.5) is 4.39 Å². The number of amides is 1. The molecule has 1 aliphatic heterocycles. The average molecular weight is 327 g/mol. The Hall–Kier alpha value is -1.13. The maximum absolute atomic E-state index is 13.9. The van der Waals surface area contributed by atoms with Crippen molar-refractivity contribution in [2.24, 2.45) is 5.41 Å². The molecule has 22 heavy (non-hydrogen) atoms. The first-order valence-electron chi connectivity index (χ1n) is 7.73. The Morgan fingerprint density at radius 3 is 2.82 bits per heavy atom. The fourth-order valence-electron chi connectivity index (χ4n) is 2.63. The minimum absolute atomic E-state index is 0.0586. The molecule has 0 radical (unpaired) electrons. The molecule has 1 fully saturated rings. The highest BCUT2D eigenvalue weighted by molar-refractivity contribution is 6.31. The highest BCUT2D eigenvalue weighted by atomic mass is 35.5. The van der Waals surface area contributed by atoms with Crippen molar-refractivity contribution >= 4 is 17.5 Å². The summed E-state index contributed by atoms with van der Waals surface area (Å²) in [6.45, 7) is 7.82. The summed E-state index contributed by atoms with van der Waals surface area (Å²) in [5.41, 5.74) is 0.142. The van der Waals surface area contributed by atoms with Crippen LogP contribution in [0.25, 0.3) is 0 Å². The van der Waals surface area contributed by atoms with Crippen molar-refractivity contribution < 1.29 is 9.18 Å². The van der Waals surface area contributed by atoms with E-state index in [4.69, 9.17) is 11.6 Å². The highest BCUT2D eigenvalue weighted by Crippen LogP contribution is 2.23. The predicted molar refractivity (Wildman–Crippen MR) is 87.3 cm³/mol. The molecule has 122 valence electrons. The SMILES string of the molecule is CC(C)(C)C(=O)NC1CCCN(Cc2c(F)cccc2Cl)C1. The first-order chi connectivity index (χ1) is 10.3. The van der Waals surface area contributed by atoms with Gasteiger partial charge in [-0.2, -0.15) is 0 Å². The number of hydrogen-bond acceptors (Lipinski definition) is 2. The van der Waals surface area contributed by atoms with Gasteiger partial charge in [0.1, 0.15) is 5.82 Å². The largest absolute Gasteiger partial charge is 0.352 e. The topological polar surface area (TPSA) is 32.3 Å². The normalized spacial score (nSPS) is 20.0. The number of benzene rings is 1. The van der Waals surface area contributed by atoms with Crippen LogP contribution in [0.2, 0.25) is 5.02 Å². The summed E-state index contributed by atoms with van der Waals surface area (Å²) in [6, 6.07) is 4.88. The van der Waals surface area contributed by atoms with Crippen LogP contribution in [-0.2, 0) is 11.3 Å². The van der Waals surface area contributed by atoms with Crippen molar-refractivity contribution in [2.45, 2.75) is 46.2 Å². The van der Waals surface area contributed by atoms with Crippen molar-refractivity contribution in [1.29, 1.82) is 0 Å². The van der Waals surface area contributed by atoms with Crippen LogP contribution in [-0.4, -0.2) is 29.9 Å². The third kappa shape index (κ3) is 4.43. The minimum Gasteiger partial charge on any atom is -0.352 e. The van der Waals surface area contributed by atoms with Crippen molar-refractivity contribution in [3.05, 3.63) is 34.6 Å². The lowest BCUT2D eigenvalue weighted by Gasteiger charge is -2.34. The van der Waals surface area contributed by atoms with Gasteiger partial charge in [0.05, 0.1) is 0 Å². The molecule has 1 N–H and O–H groups in total. The van der Waals surface area contributed by atoms with E-state index in [2.05, 4.69) is 10.2 Å². The number of carbonyl (C=O) groups is 1. The van der Waals surface area contributed by atoms with Gasteiger partial charge in [-0.25, -0.2) is 4.39 Å². The van der Waals surface area contributed by atoms with Gasteiger partial charge in [-0.05, 0) is 31.5 Å². The molecule has 1 atom stereocenters. The van der Waals surface area contributed by atoms with Crippen molar-refractivity contribution in [2.75, 3.05) is 13.1 Å². The number of halogens is 2. The zero-order valence-corrected chi connectivity index (χ0v) is 14.2. The van der Waals surface area contributed by atoms with Crippen LogP contribution < -0.4 is 5.32 Å². The first kappa shape index (κ1) is 17.2. The van der Waals surface area contributed by atoms with E-state index in [-0.39, 0.29) is 17.8 Å². The molecule has 3 nitrogen and oxygen atoms in total. The second kappa shape index (κ2) is 6.97. The summed E-state index contributed by atoms with van der Waals surface area (Å²) >= 11 is 6.09. The third-order valence-corrected chi connectivity index (χ3v) is 4.32. The van der Waals surface area contributed by atoms with E-state index in [0.29, 0.717) is 17.1 Å². The zero-order valence-electron chi connectivity index (χ0n) is 13.5. The molecule has 1 saturated heterocycles. The van der Waals surface area contributed by atoms with Crippen LogP contribution in [0.3, 0.4) is 0 Å². The average Bonchev–Trinajstić information content (AvgIpc) is 2.42. The summed E-state index contributed by atoms with van der Waals surface area (Å²) in [7, 11) is 0. The summed E-state index contributed by atoms with van der Waals surface area (Å²) in [5, 5.41) is 3.56. The second-order valence-electron chi connectivity index (χ2n) is 7.00. The Morgan fingerprint density at radius 2 is 2.18 bits per heavy atom. The molecule has 0 aliphatic carbocycles. The van der Waals surface area contributed by atoms with E-state index in [1.54, 1.807) is 12.1 Å². The maximum Gasteiger partial charge on any atom is 0.225 e. The molecular weight excluding hydrogens is 303 g/mol. The Labute approximate surface area is 136 Å². The van der Waals surface area contributed by atoms with Crippen LogP contribution in [0.5, 0.6) is 0 Å². The molecule has 1 heterocycles. The van der Waals surface area contributed by atoms with Gasteiger partial charge >= 0.3 is 0 Å². The van der Waals surface area contributed by atoms with Gasteiger partial charge in [0.2, 0.25) is 5.91 Å². The molecule has 1 amide bonds. The number of rotatable bonds is 3. The lowest BCUT2D eigenvalue weighted by atomic mass is 9.94. The van der Waals surface area contributed by atoms with E-state index in [9.17, 15) is 9.18 Å². The van der Waals surface area contributed by atoms with E-state index >= 15 is 0 Å². The molecular formula is C17H24ClFN2O. The number of nitrogens with zero attached hydrogens (tertiary/aromatic N) is 1. The van der Waals surface area contributed by atoms with Crippen LogP contribution in [0.15, 0.2) is 18.2 Å². The maximum atomic E-state index is 13.9. The molecule has 0 saturated carbocycles. The van der Waals surface area contributed by atoms with Crippen molar-refractivity contribution in [3.8, 4) is 0 Å². The highest BCUT2D eigenvalue weighted by Gasteiger charge is 2.27. The fraction of sp³-hybridized carbons (Fsp3) is 0.588. The van der Waals surface area contributed by atoms with Crippen LogP contribution in [0, 0.1) is 11.2 Å². The zero-order chi connectivity index (χ0) is 16.3. The number of carbonyl (C=O) groups excluding carboxylic acids is 1. The van der Waals surface area contributed by atoms with Gasteiger partial charge in [0.15, 0.2) is 0 Å². The number of likely N-dealkylation sites (tertiary alicyclic amines) is 1.